The first-order chi connectivity index (χ1) is 9.79. The molecule has 3 rings (SSSR count). The summed E-state index contributed by atoms with van der Waals surface area (Å²) in [5.41, 5.74) is 2.62. The molecule has 1 aromatic heterocycles. The van der Waals surface area contributed by atoms with Crippen molar-refractivity contribution in [1.29, 1.82) is 0 Å². The first kappa shape index (κ1) is 16.0. The monoisotopic (exact) mass is 406 g/mol. The standard InChI is InChI=1S/C17H16BrN2.BrH/c18-17-8-6-16(7-9-17)13-20-11-10-19(14-20)12-15-4-2-1-3-5-15;/h1-11,14H,12-13H2;1H/q+1;/p-1. The maximum atomic E-state index is 3.46. The molecule has 0 aliphatic heterocycles. The van der Waals surface area contributed by atoms with Gasteiger partial charge in [0.25, 0.3) is 0 Å². The minimum atomic E-state index is 0. The third-order valence-corrected chi connectivity index (χ3v) is 3.76. The summed E-state index contributed by atoms with van der Waals surface area (Å²) in [5.74, 6) is 0. The van der Waals surface area contributed by atoms with Gasteiger partial charge < -0.3 is 17.0 Å². The molecular formula is C17H16Br2N2. The second-order valence-electron chi connectivity index (χ2n) is 4.87. The highest BCUT2D eigenvalue weighted by molar-refractivity contribution is 9.10. The Hall–Kier alpha value is -1.39. The third-order valence-electron chi connectivity index (χ3n) is 3.23. The van der Waals surface area contributed by atoms with Crippen LogP contribution < -0.4 is 21.5 Å². The molecule has 0 unspecified atom stereocenters. The van der Waals surface area contributed by atoms with E-state index >= 15 is 0 Å². The van der Waals surface area contributed by atoms with Gasteiger partial charge in [-0.25, -0.2) is 9.13 Å². The van der Waals surface area contributed by atoms with Crippen LogP contribution in [0.2, 0.25) is 0 Å². The predicted molar refractivity (Wildman–Crippen MR) is 83.4 cm³/mol. The Labute approximate surface area is 144 Å². The average molecular weight is 408 g/mol. The summed E-state index contributed by atoms with van der Waals surface area (Å²) in [6.07, 6.45) is 6.38. The van der Waals surface area contributed by atoms with E-state index in [0.717, 1.165) is 17.6 Å². The molecule has 0 radical (unpaired) electrons. The van der Waals surface area contributed by atoms with Gasteiger partial charge >= 0.3 is 0 Å². The molecule has 108 valence electrons. The fourth-order valence-electron chi connectivity index (χ4n) is 2.22. The lowest BCUT2D eigenvalue weighted by Gasteiger charge is -1.98. The van der Waals surface area contributed by atoms with Crippen molar-refractivity contribution < 1.29 is 21.5 Å². The van der Waals surface area contributed by atoms with Gasteiger partial charge in [0, 0.05) is 4.47 Å². The van der Waals surface area contributed by atoms with Gasteiger partial charge in [-0.05, 0) is 23.3 Å². The van der Waals surface area contributed by atoms with Crippen molar-refractivity contribution in [3.63, 3.8) is 0 Å². The van der Waals surface area contributed by atoms with Crippen molar-refractivity contribution in [3.05, 3.63) is 88.9 Å². The summed E-state index contributed by atoms with van der Waals surface area (Å²) in [6.45, 7) is 1.81. The molecule has 3 aromatic rings. The zero-order valence-electron chi connectivity index (χ0n) is 11.5. The minimum Gasteiger partial charge on any atom is -1.00 e. The molecule has 0 fully saturated rings. The molecule has 1 heterocycles. The Morgan fingerprint density at radius 1 is 0.905 bits per heavy atom. The Bertz CT molecular complexity index is 676. The second-order valence-corrected chi connectivity index (χ2v) is 5.79. The van der Waals surface area contributed by atoms with E-state index in [0.29, 0.717) is 0 Å². The molecule has 0 saturated heterocycles. The van der Waals surface area contributed by atoms with E-state index in [1.54, 1.807) is 0 Å². The smallest absolute Gasteiger partial charge is 0.244 e. The van der Waals surface area contributed by atoms with Crippen LogP contribution in [0.4, 0.5) is 0 Å². The van der Waals surface area contributed by atoms with Crippen LogP contribution in [0.3, 0.4) is 0 Å². The van der Waals surface area contributed by atoms with E-state index in [-0.39, 0.29) is 17.0 Å². The highest BCUT2D eigenvalue weighted by Gasteiger charge is 2.05. The van der Waals surface area contributed by atoms with Gasteiger partial charge in [-0.15, -0.1) is 0 Å². The zero-order valence-corrected chi connectivity index (χ0v) is 14.7. The van der Waals surface area contributed by atoms with E-state index in [2.05, 4.69) is 92.3 Å². The maximum absolute atomic E-state index is 3.46. The Morgan fingerprint density at radius 2 is 1.62 bits per heavy atom. The summed E-state index contributed by atoms with van der Waals surface area (Å²) in [5, 5.41) is 0. The Morgan fingerprint density at radius 3 is 2.33 bits per heavy atom. The molecule has 4 heteroatoms. The number of halogens is 2. The SMILES string of the molecule is Brc1ccc(Cn2cc[n+](Cc3ccccc3)c2)cc1.[Br-]. The normalized spacial score (nSPS) is 10.1. The van der Waals surface area contributed by atoms with Gasteiger partial charge in [0.1, 0.15) is 25.5 Å². The Kier molecular flexibility index (Phi) is 5.76. The molecule has 0 bridgehead atoms. The molecule has 21 heavy (non-hydrogen) atoms. The molecule has 0 saturated carbocycles. The molecule has 0 aliphatic rings. The van der Waals surface area contributed by atoms with Crippen LogP contribution >= 0.6 is 15.9 Å². The number of nitrogens with zero attached hydrogens (tertiary/aromatic N) is 2. The van der Waals surface area contributed by atoms with Crippen LogP contribution in [-0.2, 0) is 13.1 Å². The number of hydrogen-bond donors (Lipinski definition) is 0. The average Bonchev–Trinajstić information content (AvgIpc) is 2.90. The number of hydrogen-bond acceptors (Lipinski definition) is 0. The number of rotatable bonds is 4. The van der Waals surface area contributed by atoms with E-state index in [9.17, 15) is 0 Å². The van der Waals surface area contributed by atoms with Crippen molar-refractivity contribution in [2.24, 2.45) is 0 Å². The largest absolute Gasteiger partial charge is 1.00 e. The molecule has 0 spiro atoms. The third kappa shape index (κ3) is 4.55. The number of imidazole rings is 1. The summed E-state index contributed by atoms with van der Waals surface area (Å²) in [4.78, 5) is 0. The van der Waals surface area contributed by atoms with Gasteiger partial charge in [-0.1, -0.05) is 58.4 Å². The molecular weight excluding hydrogens is 392 g/mol. The highest BCUT2D eigenvalue weighted by atomic mass is 79.9. The lowest BCUT2D eigenvalue weighted by Crippen LogP contribution is -3.00. The topological polar surface area (TPSA) is 8.81 Å². The highest BCUT2D eigenvalue weighted by Crippen LogP contribution is 2.11. The summed E-state index contributed by atoms with van der Waals surface area (Å²) < 4.78 is 5.52. The van der Waals surface area contributed by atoms with Crippen molar-refractivity contribution in [2.75, 3.05) is 0 Å². The molecule has 0 atom stereocenters. The van der Waals surface area contributed by atoms with Crippen molar-refractivity contribution in [3.8, 4) is 0 Å². The van der Waals surface area contributed by atoms with Gasteiger partial charge in [-0.2, -0.15) is 0 Å². The number of aromatic nitrogens is 2. The van der Waals surface area contributed by atoms with Crippen LogP contribution in [0, 0.1) is 0 Å². The molecule has 0 aliphatic carbocycles. The van der Waals surface area contributed by atoms with Crippen LogP contribution in [0.25, 0.3) is 0 Å². The summed E-state index contributed by atoms with van der Waals surface area (Å²) >= 11 is 3.46. The van der Waals surface area contributed by atoms with E-state index in [1.807, 2.05) is 6.07 Å². The molecule has 0 amide bonds. The predicted octanol–water partition coefficient (Wildman–Crippen LogP) is 0.639. The van der Waals surface area contributed by atoms with Gasteiger partial charge in [0.15, 0.2) is 0 Å². The van der Waals surface area contributed by atoms with E-state index in [1.165, 1.54) is 11.1 Å². The number of benzene rings is 2. The van der Waals surface area contributed by atoms with E-state index in [4.69, 9.17) is 0 Å². The molecule has 0 N–H and O–H groups in total. The summed E-state index contributed by atoms with van der Waals surface area (Å²) in [7, 11) is 0. The zero-order chi connectivity index (χ0) is 13.8. The van der Waals surface area contributed by atoms with Crippen molar-refractivity contribution >= 4 is 15.9 Å². The fourth-order valence-corrected chi connectivity index (χ4v) is 2.49. The van der Waals surface area contributed by atoms with Crippen molar-refractivity contribution in [2.45, 2.75) is 13.1 Å². The van der Waals surface area contributed by atoms with Crippen LogP contribution in [-0.4, -0.2) is 4.57 Å². The van der Waals surface area contributed by atoms with Gasteiger partial charge in [0.05, 0.1) is 0 Å². The second kappa shape index (κ2) is 7.57. The summed E-state index contributed by atoms with van der Waals surface area (Å²) in [6, 6.07) is 19.0. The first-order valence-corrected chi connectivity index (χ1v) is 7.42. The lowest BCUT2D eigenvalue weighted by molar-refractivity contribution is -0.687. The maximum Gasteiger partial charge on any atom is 0.244 e. The minimum absolute atomic E-state index is 0. The fraction of sp³-hybridized carbons (Fsp3) is 0.118. The Balaban J connectivity index is 0.00000161. The van der Waals surface area contributed by atoms with E-state index < -0.39 is 0 Å². The van der Waals surface area contributed by atoms with Gasteiger partial charge in [-0.3, -0.25) is 0 Å². The molecule has 2 nitrogen and oxygen atoms in total. The van der Waals surface area contributed by atoms with Crippen LogP contribution in [0.1, 0.15) is 11.1 Å². The van der Waals surface area contributed by atoms with Crippen molar-refractivity contribution in [1.82, 2.24) is 4.57 Å². The quantitative estimate of drug-likeness (QED) is 0.561. The molecule has 2 aromatic carbocycles. The first-order valence-electron chi connectivity index (χ1n) is 6.63. The lowest BCUT2D eigenvalue weighted by atomic mass is 10.2. The van der Waals surface area contributed by atoms with Crippen LogP contribution in [0.5, 0.6) is 0 Å². The van der Waals surface area contributed by atoms with Crippen LogP contribution in [0.15, 0.2) is 77.8 Å². The van der Waals surface area contributed by atoms with Gasteiger partial charge in [0.2, 0.25) is 6.33 Å².